The molecule has 0 aliphatic carbocycles. The predicted molar refractivity (Wildman–Crippen MR) is 114 cm³/mol. The first-order chi connectivity index (χ1) is 15.0. The van der Waals surface area contributed by atoms with Crippen LogP contribution < -0.4 is 16.4 Å². The summed E-state index contributed by atoms with van der Waals surface area (Å²) in [5.41, 5.74) is 6.27. The molecule has 0 aliphatic rings. The normalized spacial score (nSPS) is 17.8. The molecule has 0 aromatic heterocycles. The molecule has 0 bridgehead atoms. The molecule has 2 amide bonds. The Morgan fingerprint density at radius 3 is 2.09 bits per heavy atom. The first-order valence-corrected chi connectivity index (χ1v) is 10.3. The number of hydrogen-bond donors (Lipinski definition) is 8. The average molecular weight is 456 g/mol. The molecular formula is C21H33N3O8. The topological polar surface area (TPSA) is 202 Å². The minimum absolute atomic E-state index is 0.183. The summed E-state index contributed by atoms with van der Waals surface area (Å²) in [4.78, 5) is 35.8. The quantitative estimate of drug-likeness (QED) is 0.170. The first kappa shape index (κ1) is 27.5. The van der Waals surface area contributed by atoms with Gasteiger partial charge < -0.3 is 41.9 Å². The van der Waals surface area contributed by atoms with E-state index in [9.17, 15) is 34.8 Å². The van der Waals surface area contributed by atoms with Crippen LogP contribution in [0.1, 0.15) is 38.3 Å². The number of carboxylic acid groups (broad SMARTS) is 1. The van der Waals surface area contributed by atoms with Crippen LogP contribution in [0.5, 0.6) is 0 Å². The minimum atomic E-state index is -2.17. The third-order valence-electron chi connectivity index (χ3n) is 5.34. The van der Waals surface area contributed by atoms with E-state index in [0.29, 0.717) is 12.0 Å². The van der Waals surface area contributed by atoms with Gasteiger partial charge in [-0.3, -0.25) is 14.4 Å². The number of benzene rings is 1. The Kier molecular flexibility index (Phi) is 11.2. The summed E-state index contributed by atoms with van der Waals surface area (Å²) < 4.78 is 0. The van der Waals surface area contributed by atoms with E-state index in [-0.39, 0.29) is 5.92 Å². The zero-order chi connectivity index (χ0) is 24.4. The lowest BCUT2D eigenvalue weighted by atomic mass is 9.97. The number of aliphatic hydroxyl groups excluding tert-OH is 4. The summed E-state index contributed by atoms with van der Waals surface area (Å²) in [5.74, 6) is -3.19. The van der Waals surface area contributed by atoms with E-state index >= 15 is 0 Å². The van der Waals surface area contributed by atoms with Crippen LogP contribution in [0.25, 0.3) is 0 Å². The van der Waals surface area contributed by atoms with Crippen molar-refractivity contribution in [3.05, 3.63) is 35.9 Å². The molecule has 0 spiro atoms. The highest BCUT2D eigenvalue weighted by atomic mass is 16.4. The van der Waals surface area contributed by atoms with Crippen LogP contribution in [-0.4, -0.2) is 80.3 Å². The van der Waals surface area contributed by atoms with Gasteiger partial charge in [-0.05, 0) is 11.5 Å². The smallest absolute Gasteiger partial charge is 0.305 e. The van der Waals surface area contributed by atoms with E-state index < -0.39 is 67.2 Å². The maximum atomic E-state index is 12.4. The van der Waals surface area contributed by atoms with Gasteiger partial charge in [0.05, 0.1) is 31.2 Å². The molecule has 180 valence electrons. The fourth-order valence-corrected chi connectivity index (χ4v) is 2.98. The second-order valence-electron chi connectivity index (χ2n) is 7.70. The number of aliphatic carboxylic acids is 1. The number of amides is 2. The van der Waals surface area contributed by atoms with Crippen molar-refractivity contribution in [3.8, 4) is 0 Å². The molecule has 0 heterocycles. The van der Waals surface area contributed by atoms with Gasteiger partial charge in [-0.1, -0.05) is 50.6 Å². The number of carboxylic acids is 1. The third kappa shape index (κ3) is 7.84. The largest absolute Gasteiger partial charge is 0.481 e. The maximum Gasteiger partial charge on any atom is 0.305 e. The van der Waals surface area contributed by atoms with Crippen LogP contribution in [-0.2, 0) is 14.4 Å². The van der Waals surface area contributed by atoms with E-state index in [4.69, 9.17) is 10.8 Å². The van der Waals surface area contributed by atoms with Gasteiger partial charge in [0.2, 0.25) is 5.91 Å². The van der Waals surface area contributed by atoms with Crippen LogP contribution >= 0.6 is 0 Å². The Morgan fingerprint density at radius 1 is 1.00 bits per heavy atom. The molecule has 0 radical (unpaired) electrons. The molecule has 9 N–H and O–H groups in total. The van der Waals surface area contributed by atoms with Crippen molar-refractivity contribution in [2.24, 2.45) is 11.7 Å². The summed E-state index contributed by atoms with van der Waals surface area (Å²) in [6, 6.07) is 4.84. The molecule has 0 saturated carbocycles. The molecule has 7 atom stereocenters. The third-order valence-corrected chi connectivity index (χ3v) is 5.34. The van der Waals surface area contributed by atoms with E-state index in [1.54, 1.807) is 37.3 Å². The van der Waals surface area contributed by atoms with Crippen molar-refractivity contribution in [3.63, 3.8) is 0 Å². The highest BCUT2D eigenvalue weighted by Gasteiger charge is 2.37. The van der Waals surface area contributed by atoms with Gasteiger partial charge in [0, 0.05) is 0 Å². The van der Waals surface area contributed by atoms with E-state index in [1.165, 1.54) is 0 Å². The van der Waals surface area contributed by atoms with Crippen LogP contribution in [0.3, 0.4) is 0 Å². The highest BCUT2D eigenvalue weighted by molar-refractivity contribution is 5.83. The minimum Gasteiger partial charge on any atom is -0.481 e. The SMILES string of the molecule is CC[C@H](C)[C@H](N)C(=O)N[C@@H](CO)[C@@H](O)[C@@H](O)[C@H](O)C(=O)N[C@@H](CC(=O)O)c1ccccc1. The Balaban J connectivity index is 2.85. The average Bonchev–Trinajstić information content (AvgIpc) is 2.79. The molecular weight excluding hydrogens is 422 g/mol. The van der Waals surface area contributed by atoms with Gasteiger partial charge in [0.25, 0.3) is 5.91 Å². The van der Waals surface area contributed by atoms with Crippen molar-refractivity contribution in [1.29, 1.82) is 0 Å². The molecule has 0 saturated heterocycles. The zero-order valence-corrected chi connectivity index (χ0v) is 18.1. The van der Waals surface area contributed by atoms with Crippen molar-refractivity contribution < 1.29 is 39.9 Å². The molecule has 1 rings (SSSR count). The van der Waals surface area contributed by atoms with Crippen LogP contribution in [0.2, 0.25) is 0 Å². The van der Waals surface area contributed by atoms with Crippen LogP contribution in [0, 0.1) is 5.92 Å². The van der Waals surface area contributed by atoms with Gasteiger partial charge >= 0.3 is 5.97 Å². The van der Waals surface area contributed by atoms with Crippen LogP contribution in [0.4, 0.5) is 0 Å². The summed E-state index contributed by atoms with van der Waals surface area (Å²) in [6.45, 7) is 2.79. The van der Waals surface area contributed by atoms with Crippen LogP contribution in [0.15, 0.2) is 30.3 Å². The molecule has 1 aromatic carbocycles. The van der Waals surface area contributed by atoms with Gasteiger partial charge in [-0.25, -0.2) is 0 Å². The standard InChI is InChI=1S/C21H33N3O8/c1-3-11(2)16(22)20(31)24-14(10-25)17(28)18(29)19(30)21(32)23-13(9-15(26)27)12-7-5-4-6-8-12/h4-8,11,13-14,16-19,25,28-30H,3,9-10,22H2,1-2H3,(H,23,32)(H,24,31)(H,26,27)/t11-,13-,14-,16-,17+,18+,19-/m0/s1. The van der Waals surface area contributed by atoms with E-state index in [1.807, 2.05) is 6.92 Å². The Bertz CT molecular complexity index is 748. The van der Waals surface area contributed by atoms with E-state index in [0.717, 1.165) is 0 Å². The Morgan fingerprint density at radius 2 is 1.59 bits per heavy atom. The molecule has 1 aromatic rings. The molecule has 0 unspecified atom stereocenters. The van der Waals surface area contributed by atoms with Gasteiger partial charge in [0.1, 0.15) is 12.2 Å². The first-order valence-electron chi connectivity index (χ1n) is 10.3. The van der Waals surface area contributed by atoms with E-state index in [2.05, 4.69) is 10.6 Å². The summed E-state index contributed by atoms with van der Waals surface area (Å²) in [7, 11) is 0. The summed E-state index contributed by atoms with van der Waals surface area (Å²) in [5, 5.41) is 54.0. The molecule has 11 nitrogen and oxygen atoms in total. The lowest BCUT2D eigenvalue weighted by Crippen LogP contribution is -2.59. The number of carbonyl (C=O) groups is 3. The zero-order valence-electron chi connectivity index (χ0n) is 18.1. The Hall–Kier alpha value is -2.57. The van der Waals surface area contributed by atoms with Gasteiger partial charge in [-0.2, -0.15) is 0 Å². The second-order valence-corrected chi connectivity index (χ2v) is 7.70. The Labute approximate surface area is 186 Å². The van der Waals surface area contributed by atoms with Crippen molar-refractivity contribution in [2.75, 3.05) is 6.61 Å². The van der Waals surface area contributed by atoms with Gasteiger partial charge in [-0.15, -0.1) is 0 Å². The maximum absolute atomic E-state index is 12.4. The predicted octanol–water partition coefficient (Wildman–Crippen LogP) is -1.75. The number of rotatable bonds is 13. The fraction of sp³-hybridized carbons (Fsp3) is 0.571. The number of nitrogens with two attached hydrogens (primary N) is 1. The lowest BCUT2D eigenvalue weighted by Gasteiger charge is -2.30. The molecule has 32 heavy (non-hydrogen) atoms. The lowest BCUT2D eigenvalue weighted by molar-refractivity contribution is -0.145. The number of hydrogen-bond acceptors (Lipinski definition) is 8. The molecule has 0 aliphatic heterocycles. The summed E-state index contributed by atoms with van der Waals surface area (Å²) in [6.07, 6.45) is -6.04. The van der Waals surface area contributed by atoms with Gasteiger partial charge in [0.15, 0.2) is 6.10 Å². The van der Waals surface area contributed by atoms with Crippen molar-refractivity contribution in [1.82, 2.24) is 10.6 Å². The van der Waals surface area contributed by atoms with Crippen molar-refractivity contribution >= 4 is 17.8 Å². The molecule has 11 heteroatoms. The monoisotopic (exact) mass is 455 g/mol. The summed E-state index contributed by atoms with van der Waals surface area (Å²) >= 11 is 0. The second kappa shape index (κ2) is 13.1. The molecule has 0 fully saturated rings. The number of carbonyl (C=O) groups excluding carboxylic acids is 2. The number of aliphatic hydroxyl groups is 4. The van der Waals surface area contributed by atoms with Crippen molar-refractivity contribution in [2.45, 2.75) is 63.1 Å². The fourth-order valence-electron chi connectivity index (χ4n) is 2.98. The number of nitrogens with one attached hydrogen (secondary N) is 2. The highest BCUT2D eigenvalue weighted by Crippen LogP contribution is 2.17.